The fourth-order valence-electron chi connectivity index (χ4n) is 0.697. The zero-order chi connectivity index (χ0) is 9.78. The Morgan fingerprint density at radius 2 is 2.00 bits per heavy atom. The maximum atomic E-state index is 8.40. The van der Waals surface area contributed by atoms with Crippen molar-refractivity contribution in [3.8, 4) is 6.07 Å². The summed E-state index contributed by atoms with van der Waals surface area (Å²) in [5, 5.41) is 11.7. The van der Waals surface area contributed by atoms with E-state index < -0.39 is 8.07 Å². The van der Waals surface area contributed by atoms with E-state index in [1.165, 1.54) is 0 Å². The van der Waals surface area contributed by atoms with Gasteiger partial charge in [0.15, 0.2) is 0 Å². The molecule has 0 aromatic heterocycles. The lowest BCUT2D eigenvalue weighted by molar-refractivity contribution is 0.762. The molecule has 1 unspecified atom stereocenters. The molecule has 0 aliphatic heterocycles. The zero-order valence-electron chi connectivity index (χ0n) is 8.60. The van der Waals surface area contributed by atoms with Crippen LogP contribution in [0.3, 0.4) is 0 Å². The summed E-state index contributed by atoms with van der Waals surface area (Å²) in [6, 6.07) is 2.02. The van der Waals surface area contributed by atoms with Gasteiger partial charge in [-0.15, -0.1) is 0 Å². The van der Waals surface area contributed by atoms with E-state index >= 15 is 0 Å². The number of rotatable bonds is 3. The highest BCUT2D eigenvalue weighted by molar-refractivity contribution is 6.77. The zero-order valence-corrected chi connectivity index (χ0v) is 9.60. The number of nitrogens with zero attached hydrogens (tertiary/aromatic N) is 1. The Morgan fingerprint density at radius 1 is 1.50 bits per heavy atom. The Hall–Kier alpha value is -0.753. The lowest BCUT2D eigenvalue weighted by atomic mass is 10.4. The van der Waals surface area contributed by atoms with Crippen LogP contribution >= 0.6 is 0 Å². The number of nitriles is 1. The van der Waals surface area contributed by atoms with Crippen molar-refractivity contribution in [2.75, 3.05) is 0 Å². The predicted molar refractivity (Wildman–Crippen MR) is 55.3 cm³/mol. The van der Waals surface area contributed by atoms with Gasteiger partial charge < -0.3 is 5.32 Å². The van der Waals surface area contributed by atoms with E-state index in [4.69, 9.17) is 5.26 Å². The first-order valence-electron chi connectivity index (χ1n) is 4.21. The largest absolute Gasteiger partial charge is 0.388 e. The number of allylic oxidation sites excluding steroid dienone is 2. The molecule has 0 rings (SSSR count). The molecular weight excluding hydrogens is 164 g/mol. The molecule has 0 saturated heterocycles. The molecule has 0 spiro atoms. The van der Waals surface area contributed by atoms with Crippen LogP contribution in [0.5, 0.6) is 0 Å². The lowest BCUT2D eigenvalue weighted by Crippen LogP contribution is -2.45. The van der Waals surface area contributed by atoms with E-state index in [0.717, 1.165) is 5.70 Å². The Labute approximate surface area is 76.3 Å². The summed E-state index contributed by atoms with van der Waals surface area (Å²) in [6.45, 7) is 11.0. The van der Waals surface area contributed by atoms with Gasteiger partial charge in [0, 0.05) is 17.4 Å². The molecule has 0 bridgehead atoms. The summed E-state index contributed by atoms with van der Waals surface area (Å²) in [4.78, 5) is 0. The minimum absolute atomic E-state index is 0.516. The third kappa shape index (κ3) is 4.19. The van der Waals surface area contributed by atoms with Crippen molar-refractivity contribution in [3.05, 3.63) is 11.8 Å². The molecule has 0 heterocycles. The summed E-state index contributed by atoms with van der Waals surface area (Å²) in [6.07, 6.45) is 1.55. The smallest absolute Gasteiger partial charge is 0.0930 e. The van der Waals surface area contributed by atoms with E-state index in [0.29, 0.717) is 5.67 Å². The van der Waals surface area contributed by atoms with Crippen molar-refractivity contribution in [1.29, 1.82) is 5.26 Å². The molecule has 0 aromatic rings. The van der Waals surface area contributed by atoms with Gasteiger partial charge in [0.05, 0.1) is 14.1 Å². The maximum Gasteiger partial charge on any atom is 0.0930 e. The molecule has 0 aromatic carbocycles. The molecule has 0 fully saturated rings. The third-order valence-electron chi connectivity index (χ3n) is 2.02. The van der Waals surface area contributed by atoms with Crippen LogP contribution < -0.4 is 5.32 Å². The van der Waals surface area contributed by atoms with Crippen LogP contribution in [0.25, 0.3) is 0 Å². The molecule has 2 nitrogen and oxygen atoms in total. The molecule has 1 N–H and O–H groups in total. The van der Waals surface area contributed by atoms with Crippen LogP contribution in [0, 0.1) is 11.3 Å². The standard InChI is InChI=1S/C9H18N2Si/c1-8(6-7-10)11-9(2)12(3,4)5/h6,9,11H,1-5H3/b8-6-. The Bertz CT molecular complexity index is 208. The third-order valence-corrected chi connectivity index (χ3v) is 4.77. The molecule has 12 heavy (non-hydrogen) atoms. The first-order valence-corrected chi connectivity index (χ1v) is 7.78. The van der Waals surface area contributed by atoms with E-state index in [1.807, 2.05) is 13.0 Å². The van der Waals surface area contributed by atoms with Crippen molar-refractivity contribution in [2.45, 2.75) is 39.2 Å². The number of nitrogens with one attached hydrogen (secondary N) is 1. The highest BCUT2D eigenvalue weighted by Crippen LogP contribution is 2.07. The van der Waals surface area contributed by atoms with Gasteiger partial charge in [-0.3, -0.25) is 0 Å². The molecule has 0 saturated carbocycles. The Balaban J connectivity index is 4.12. The summed E-state index contributed by atoms with van der Waals surface area (Å²) in [5.74, 6) is 0. The summed E-state index contributed by atoms with van der Waals surface area (Å²) in [5.41, 5.74) is 1.48. The van der Waals surface area contributed by atoms with Crippen molar-refractivity contribution < 1.29 is 0 Å². The van der Waals surface area contributed by atoms with Crippen LogP contribution in [0.15, 0.2) is 11.8 Å². The van der Waals surface area contributed by atoms with Crippen molar-refractivity contribution in [1.82, 2.24) is 5.32 Å². The average molecular weight is 182 g/mol. The summed E-state index contributed by atoms with van der Waals surface area (Å²) in [7, 11) is -1.11. The van der Waals surface area contributed by atoms with Crippen molar-refractivity contribution in [2.24, 2.45) is 0 Å². The second kappa shape index (κ2) is 4.32. The fourth-order valence-corrected chi connectivity index (χ4v) is 1.36. The molecule has 0 aliphatic carbocycles. The monoisotopic (exact) mass is 182 g/mol. The van der Waals surface area contributed by atoms with Crippen LogP contribution in [0.2, 0.25) is 19.6 Å². The fraction of sp³-hybridized carbons (Fsp3) is 0.667. The lowest BCUT2D eigenvalue weighted by Gasteiger charge is -2.27. The van der Waals surface area contributed by atoms with E-state index in [-0.39, 0.29) is 0 Å². The molecule has 0 amide bonds. The van der Waals surface area contributed by atoms with Gasteiger partial charge in [0.1, 0.15) is 0 Å². The molecule has 3 heteroatoms. The predicted octanol–water partition coefficient (Wildman–Crippen LogP) is 2.27. The first-order chi connectivity index (χ1) is 5.38. The molecule has 68 valence electrons. The van der Waals surface area contributed by atoms with Crippen LogP contribution in [-0.2, 0) is 0 Å². The van der Waals surface area contributed by atoms with Crippen molar-refractivity contribution in [3.63, 3.8) is 0 Å². The molecule has 0 aliphatic rings. The van der Waals surface area contributed by atoms with Gasteiger partial charge in [-0.1, -0.05) is 19.6 Å². The van der Waals surface area contributed by atoms with Gasteiger partial charge >= 0.3 is 0 Å². The van der Waals surface area contributed by atoms with E-state index in [2.05, 4.69) is 31.9 Å². The topological polar surface area (TPSA) is 35.8 Å². The quantitative estimate of drug-likeness (QED) is 0.537. The van der Waals surface area contributed by atoms with Crippen LogP contribution in [0.1, 0.15) is 13.8 Å². The number of hydrogen-bond donors (Lipinski definition) is 1. The minimum atomic E-state index is -1.11. The second-order valence-electron chi connectivity index (χ2n) is 4.19. The Kier molecular flexibility index (Phi) is 4.05. The van der Waals surface area contributed by atoms with E-state index in [1.54, 1.807) is 6.08 Å². The maximum absolute atomic E-state index is 8.40. The molecule has 1 atom stereocenters. The first kappa shape index (κ1) is 11.2. The highest BCUT2D eigenvalue weighted by Gasteiger charge is 2.21. The minimum Gasteiger partial charge on any atom is -0.388 e. The highest BCUT2D eigenvalue weighted by atomic mass is 28.3. The average Bonchev–Trinajstić information content (AvgIpc) is 1.85. The van der Waals surface area contributed by atoms with Gasteiger partial charge in [-0.2, -0.15) is 5.26 Å². The van der Waals surface area contributed by atoms with Crippen LogP contribution in [0.4, 0.5) is 0 Å². The normalized spacial score (nSPS) is 15.2. The molecule has 0 radical (unpaired) electrons. The Morgan fingerprint density at radius 3 is 2.33 bits per heavy atom. The summed E-state index contributed by atoms with van der Waals surface area (Å²) < 4.78 is 0. The van der Waals surface area contributed by atoms with E-state index in [9.17, 15) is 0 Å². The summed E-state index contributed by atoms with van der Waals surface area (Å²) >= 11 is 0. The van der Waals surface area contributed by atoms with Gasteiger partial charge in [0.25, 0.3) is 0 Å². The number of hydrogen-bond acceptors (Lipinski definition) is 2. The van der Waals surface area contributed by atoms with Gasteiger partial charge in [-0.25, -0.2) is 0 Å². The van der Waals surface area contributed by atoms with Crippen molar-refractivity contribution >= 4 is 8.07 Å². The van der Waals surface area contributed by atoms with Gasteiger partial charge in [-0.05, 0) is 13.8 Å². The SMILES string of the molecule is C/C(=C/C#N)NC(C)[Si](C)(C)C. The second-order valence-corrected chi connectivity index (χ2v) is 9.79. The van der Waals surface area contributed by atoms with Crippen LogP contribution in [-0.4, -0.2) is 13.7 Å². The van der Waals surface area contributed by atoms with Gasteiger partial charge in [0.2, 0.25) is 0 Å². The molecular formula is C9H18N2Si.